The number of hydrogen-bond acceptors (Lipinski definition) is 1. The van der Waals surface area contributed by atoms with Gasteiger partial charge in [0.15, 0.2) is 0 Å². The van der Waals surface area contributed by atoms with Gasteiger partial charge in [0.2, 0.25) is 5.91 Å². The molecule has 0 unspecified atom stereocenters. The van der Waals surface area contributed by atoms with Crippen molar-refractivity contribution in [3.05, 3.63) is 0 Å². The minimum Gasteiger partial charge on any atom is -0.359 e. The highest BCUT2D eigenvalue weighted by Crippen LogP contribution is 2.46. The van der Waals surface area contributed by atoms with Gasteiger partial charge in [0, 0.05) is 13.0 Å². The molecule has 0 spiro atoms. The summed E-state index contributed by atoms with van der Waals surface area (Å²) >= 11 is 0. The number of carbonyl (C=O) groups excluding carboxylic acids is 1. The van der Waals surface area contributed by atoms with E-state index in [-0.39, 0.29) is 11.8 Å². The SMILES string of the molecule is CNC(=O)[C@H](C)C1(C)CCC1. The molecule has 1 aliphatic carbocycles. The van der Waals surface area contributed by atoms with Crippen molar-refractivity contribution in [3.8, 4) is 0 Å². The van der Waals surface area contributed by atoms with Gasteiger partial charge in [-0.15, -0.1) is 0 Å². The van der Waals surface area contributed by atoms with E-state index in [0.717, 1.165) is 0 Å². The smallest absolute Gasteiger partial charge is 0.223 e. The Labute approximate surface area is 68.4 Å². The molecule has 1 aliphatic rings. The summed E-state index contributed by atoms with van der Waals surface area (Å²) in [5, 5.41) is 2.70. The van der Waals surface area contributed by atoms with Crippen molar-refractivity contribution in [1.29, 1.82) is 0 Å². The Morgan fingerprint density at radius 2 is 2.09 bits per heavy atom. The Morgan fingerprint density at radius 3 is 2.36 bits per heavy atom. The van der Waals surface area contributed by atoms with E-state index < -0.39 is 0 Å². The minimum absolute atomic E-state index is 0.182. The first-order valence-corrected chi connectivity index (χ1v) is 4.32. The first-order valence-electron chi connectivity index (χ1n) is 4.32. The van der Waals surface area contributed by atoms with E-state index in [2.05, 4.69) is 12.2 Å². The average molecular weight is 155 g/mol. The second-order valence-electron chi connectivity index (χ2n) is 3.84. The summed E-state index contributed by atoms with van der Waals surface area (Å²) in [7, 11) is 1.71. The second kappa shape index (κ2) is 2.84. The van der Waals surface area contributed by atoms with Crippen molar-refractivity contribution in [3.63, 3.8) is 0 Å². The van der Waals surface area contributed by atoms with Crippen LogP contribution in [0.2, 0.25) is 0 Å². The van der Waals surface area contributed by atoms with Crippen molar-refractivity contribution < 1.29 is 4.79 Å². The topological polar surface area (TPSA) is 29.1 Å². The fourth-order valence-corrected chi connectivity index (χ4v) is 1.70. The number of hydrogen-bond donors (Lipinski definition) is 1. The summed E-state index contributed by atoms with van der Waals surface area (Å²) in [4.78, 5) is 11.2. The first-order chi connectivity index (χ1) is 5.10. The molecule has 2 nitrogen and oxygen atoms in total. The summed E-state index contributed by atoms with van der Waals surface area (Å²) in [6.07, 6.45) is 3.71. The highest BCUT2D eigenvalue weighted by Gasteiger charge is 2.40. The van der Waals surface area contributed by atoms with Crippen molar-refractivity contribution >= 4 is 5.91 Å². The van der Waals surface area contributed by atoms with E-state index in [1.807, 2.05) is 6.92 Å². The lowest BCUT2D eigenvalue weighted by atomic mass is 9.63. The molecule has 0 radical (unpaired) electrons. The van der Waals surface area contributed by atoms with Crippen LogP contribution in [0.5, 0.6) is 0 Å². The molecule has 1 saturated carbocycles. The third kappa shape index (κ3) is 1.39. The lowest BCUT2D eigenvalue weighted by molar-refractivity contribution is -0.130. The van der Waals surface area contributed by atoms with Crippen LogP contribution in [-0.4, -0.2) is 13.0 Å². The van der Waals surface area contributed by atoms with Crippen molar-refractivity contribution in [2.24, 2.45) is 11.3 Å². The van der Waals surface area contributed by atoms with Crippen molar-refractivity contribution in [1.82, 2.24) is 5.32 Å². The summed E-state index contributed by atoms with van der Waals surface area (Å²) < 4.78 is 0. The van der Waals surface area contributed by atoms with Crippen LogP contribution in [0.3, 0.4) is 0 Å². The maximum atomic E-state index is 11.2. The Kier molecular flexibility index (Phi) is 2.21. The second-order valence-corrected chi connectivity index (χ2v) is 3.84. The van der Waals surface area contributed by atoms with E-state index in [4.69, 9.17) is 0 Å². The van der Waals surface area contributed by atoms with Gasteiger partial charge in [0.1, 0.15) is 0 Å². The quantitative estimate of drug-likeness (QED) is 0.644. The van der Waals surface area contributed by atoms with Crippen LogP contribution in [0.25, 0.3) is 0 Å². The minimum atomic E-state index is 0.182. The number of rotatable bonds is 2. The van der Waals surface area contributed by atoms with Crippen LogP contribution in [0.15, 0.2) is 0 Å². The molecule has 1 amide bonds. The molecule has 0 saturated heterocycles. The van der Waals surface area contributed by atoms with E-state index in [1.54, 1.807) is 7.05 Å². The van der Waals surface area contributed by atoms with Crippen LogP contribution in [0.4, 0.5) is 0 Å². The van der Waals surface area contributed by atoms with E-state index >= 15 is 0 Å². The molecule has 0 heterocycles. The molecular weight excluding hydrogens is 138 g/mol. The van der Waals surface area contributed by atoms with E-state index in [9.17, 15) is 4.79 Å². The monoisotopic (exact) mass is 155 g/mol. The number of nitrogens with one attached hydrogen (secondary N) is 1. The predicted octanol–water partition coefficient (Wildman–Crippen LogP) is 1.56. The van der Waals surface area contributed by atoms with Crippen LogP contribution < -0.4 is 5.32 Å². The molecule has 0 aromatic rings. The van der Waals surface area contributed by atoms with Gasteiger partial charge in [-0.3, -0.25) is 4.79 Å². The van der Waals surface area contributed by atoms with Crippen LogP contribution >= 0.6 is 0 Å². The lowest BCUT2D eigenvalue weighted by Gasteiger charge is -2.42. The summed E-state index contributed by atoms with van der Waals surface area (Å²) in [6.45, 7) is 4.23. The molecule has 2 heteroatoms. The maximum Gasteiger partial charge on any atom is 0.223 e. The highest BCUT2D eigenvalue weighted by molar-refractivity contribution is 5.78. The summed E-state index contributed by atoms with van der Waals surface area (Å²) in [5.74, 6) is 0.369. The Balaban J connectivity index is 2.52. The zero-order valence-corrected chi connectivity index (χ0v) is 7.61. The maximum absolute atomic E-state index is 11.2. The Hall–Kier alpha value is -0.530. The van der Waals surface area contributed by atoms with Crippen LogP contribution in [-0.2, 0) is 4.79 Å². The lowest BCUT2D eigenvalue weighted by Crippen LogP contribution is -2.41. The van der Waals surface area contributed by atoms with E-state index in [0.29, 0.717) is 5.41 Å². The number of carbonyl (C=O) groups is 1. The van der Waals surface area contributed by atoms with Gasteiger partial charge in [-0.05, 0) is 18.3 Å². The predicted molar refractivity (Wildman–Crippen MR) is 45.2 cm³/mol. The normalized spacial score (nSPS) is 23.5. The molecule has 0 aromatic heterocycles. The fourth-order valence-electron chi connectivity index (χ4n) is 1.70. The zero-order valence-electron chi connectivity index (χ0n) is 7.61. The largest absolute Gasteiger partial charge is 0.359 e. The third-order valence-electron chi connectivity index (χ3n) is 3.18. The molecule has 11 heavy (non-hydrogen) atoms. The van der Waals surface area contributed by atoms with Gasteiger partial charge < -0.3 is 5.32 Å². The molecule has 1 fully saturated rings. The van der Waals surface area contributed by atoms with E-state index in [1.165, 1.54) is 19.3 Å². The van der Waals surface area contributed by atoms with Crippen molar-refractivity contribution in [2.75, 3.05) is 7.05 Å². The van der Waals surface area contributed by atoms with Crippen molar-refractivity contribution in [2.45, 2.75) is 33.1 Å². The van der Waals surface area contributed by atoms with Crippen LogP contribution in [0, 0.1) is 11.3 Å². The molecule has 0 aliphatic heterocycles. The molecule has 0 aromatic carbocycles. The standard InChI is InChI=1S/C9H17NO/c1-7(8(11)10-3)9(2)5-4-6-9/h7H,4-6H2,1-3H3,(H,10,11)/t7-/m0/s1. The van der Waals surface area contributed by atoms with Gasteiger partial charge in [-0.25, -0.2) is 0 Å². The summed E-state index contributed by atoms with van der Waals surface area (Å²) in [5.41, 5.74) is 0.292. The molecule has 1 N–H and O–H groups in total. The third-order valence-corrected chi connectivity index (χ3v) is 3.18. The van der Waals surface area contributed by atoms with Gasteiger partial charge in [-0.1, -0.05) is 20.3 Å². The summed E-state index contributed by atoms with van der Waals surface area (Å²) in [6, 6.07) is 0. The van der Waals surface area contributed by atoms with Gasteiger partial charge in [-0.2, -0.15) is 0 Å². The van der Waals surface area contributed by atoms with Crippen LogP contribution in [0.1, 0.15) is 33.1 Å². The molecule has 1 atom stereocenters. The molecule has 1 rings (SSSR count). The fraction of sp³-hybridized carbons (Fsp3) is 0.889. The van der Waals surface area contributed by atoms with Gasteiger partial charge in [0.25, 0.3) is 0 Å². The Bertz CT molecular complexity index is 161. The number of amides is 1. The average Bonchev–Trinajstić information content (AvgIpc) is 1.97. The van der Waals surface area contributed by atoms with Gasteiger partial charge >= 0.3 is 0 Å². The Morgan fingerprint density at radius 1 is 1.55 bits per heavy atom. The first kappa shape index (κ1) is 8.57. The molecule has 0 bridgehead atoms. The molecular formula is C9H17NO. The zero-order chi connectivity index (χ0) is 8.48. The molecule has 64 valence electrons. The van der Waals surface area contributed by atoms with Gasteiger partial charge in [0.05, 0.1) is 0 Å². The highest BCUT2D eigenvalue weighted by atomic mass is 16.1.